The SMILES string of the molecule is O=C([O-])c1[nH]n(S(=O)(=O)[O-])c(=O)c1N=Nc1ccc(SOO[O-])cc1.[Na+].[Na+].[Na+]. The third kappa shape index (κ3) is 8.29. The number of rotatable bonds is 7. The van der Waals surface area contributed by atoms with Crippen LogP contribution in [0.3, 0.4) is 0 Å². The van der Waals surface area contributed by atoms with Crippen LogP contribution in [-0.4, -0.2) is 28.1 Å². The van der Waals surface area contributed by atoms with Gasteiger partial charge in [0.05, 0.1) is 23.7 Å². The van der Waals surface area contributed by atoms with E-state index in [1.807, 2.05) is 0 Å². The summed E-state index contributed by atoms with van der Waals surface area (Å²) in [6.07, 6.45) is 0. The van der Waals surface area contributed by atoms with E-state index in [9.17, 15) is 32.9 Å². The molecule has 0 aliphatic heterocycles. The topological polar surface area (TPSA) is 201 Å². The molecule has 0 bridgehead atoms. The Morgan fingerprint density at radius 1 is 1.14 bits per heavy atom. The first-order valence-electron chi connectivity index (χ1n) is 5.91. The van der Waals surface area contributed by atoms with E-state index in [-0.39, 0.29) is 94.4 Å². The first-order chi connectivity index (χ1) is 11.7. The Bertz CT molecular complexity index is 975. The molecule has 0 unspecified atom stereocenters. The molecule has 0 atom stereocenters. The third-order valence-electron chi connectivity index (χ3n) is 2.53. The zero-order chi connectivity index (χ0) is 18.6. The van der Waals surface area contributed by atoms with Crippen LogP contribution in [-0.2, 0) is 19.7 Å². The molecule has 1 heterocycles. The largest absolute Gasteiger partial charge is 1.00 e. The first kappa shape index (κ1) is 30.6. The summed E-state index contributed by atoms with van der Waals surface area (Å²) in [5, 5.41) is 32.3. The van der Waals surface area contributed by atoms with Gasteiger partial charge in [-0.3, -0.25) is 14.9 Å². The maximum absolute atomic E-state index is 11.8. The molecule has 0 saturated carbocycles. The van der Waals surface area contributed by atoms with Gasteiger partial charge in [-0.05, 0) is 24.3 Å². The average molecular weight is 458 g/mol. The molecule has 0 spiro atoms. The predicted molar refractivity (Wildman–Crippen MR) is 73.1 cm³/mol. The number of hydrogen-bond acceptors (Lipinski definition) is 12. The van der Waals surface area contributed by atoms with Crippen LogP contribution in [0.4, 0.5) is 11.4 Å². The number of aromatic nitrogens is 2. The van der Waals surface area contributed by atoms with Gasteiger partial charge in [0.2, 0.25) is 10.3 Å². The predicted octanol–water partition coefficient (Wildman–Crippen LogP) is -10.5. The summed E-state index contributed by atoms with van der Waals surface area (Å²) in [5.41, 5.74) is -3.35. The molecular weight excluding hydrogens is 453 g/mol. The number of H-pyrrole nitrogens is 1. The van der Waals surface area contributed by atoms with Gasteiger partial charge in [-0.1, -0.05) is 0 Å². The number of benzene rings is 1. The van der Waals surface area contributed by atoms with Crippen molar-refractivity contribution in [3.8, 4) is 0 Å². The van der Waals surface area contributed by atoms with Gasteiger partial charge in [0.25, 0.3) is 0 Å². The van der Waals surface area contributed by atoms with E-state index in [0.717, 1.165) is 0 Å². The molecule has 1 aromatic heterocycles. The van der Waals surface area contributed by atoms with E-state index in [4.69, 9.17) is 0 Å². The Morgan fingerprint density at radius 3 is 2.18 bits per heavy atom. The Kier molecular flexibility index (Phi) is 15.0. The minimum Gasteiger partial charge on any atom is -0.729 e. The molecule has 1 N–H and O–H groups in total. The molecule has 0 aliphatic carbocycles. The fourth-order valence-corrected chi connectivity index (χ4v) is 2.38. The van der Waals surface area contributed by atoms with Crippen molar-refractivity contribution in [1.29, 1.82) is 0 Å². The van der Waals surface area contributed by atoms with Gasteiger partial charge in [-0.2, -0.15) is 9.45 Å². The third-order valence-corrected chi connectivity index (χ3v) is 3.82. The summed E-state index contributed by atoms with van der Waals surface area (Å²) >= 11 is 0.606. The van der Waals surface area contributed by atoms with Crippen LogP contribution in [0.2, 0.25) is 0 Å². The maximum atomic E-state index is 11.8. The molecule has 1 aromatic carbocycles. The van der Waals surface area contributed by atoms with Crippen molar-refractivity contribution < 1.29 is 126 Å². The van der Waals surface area contributed by atoms with Gasteiger partial charge in [0.1, 0.15) is 5.69 Å². The van der Waals surface area contributed by atoms with E-state index in [2.05, 4.69) is 19.6 Å². The summed E-state index contributed by atoms with van der Waals surface area (Å²) < 4.78 is 36.3. The molecule has 0 amide bonds. The molecule has 18 heteroatoms. The van der Waals surface area contributed by atoms with Crippen LogP contribution in [0, 0.1) is 0 Å². The molecule has 0 saturated heterocycles. The van der Waals surface area contributed by atoms with Gasteiger partial charge in [-0.15, -0.1) is 9.20 Å². The second-order valence-corrected chi connectivity index (χ2v) is 6.06. The number of aromatic carboxylic acids is 1. The summed E-state index contributed by atoms with van der Waals surface area (Å²) in [6, 6.07) is 5.56. The number of carbonyl (C=O) groups is 1. The molecule has 134 valence electrons. The van der Waals surface area contributed by atoms with Crippen molar-refractivity contribution in [3.63, 3.8) is 0 Å². The van der Waals surface area contributed by atoms with Gasteiger partial charge < -0.3 is 19.7 Å². The van der Waals surface area contributed by atoms with Crippen molar-refractivity contribution in [2.75, 3.05) is 0 Å². The monoisotopic (exact) mass is 458 g/mol. The number of carboxylic acids is 1. The summed E-state index contributed by atoms with van der Waals surface area (Å²) in [5.74, 6) is -1.96. The molecule has 28 heavy (non-hydrogen) atoms. The maximum Gasteiger partial charge on any atom is 1.00 e. The number of carbonyl (C=O) groups excluding carboxylic acids is 1. The number of nitrogens with one attached hydrogen (secondary N) is 1. The molecule has 2 aromatic rings. The van der Waals surface area contributed by atoms with E-state index in [0.29, 0.717) is 16.9 Å². The smallest absolute Gasteiger partial charge is 0.729 e. The van der Waals surface area contributed by atoms with Crippen LogP contribution >= 0.6 is 12.0 Å². The Balaban J connectivity index is 0. The number of carboxylic acid groups (broad SMARTS) is 1. The van der Waals surface area contributed by atoms with Crippen molar-refractivity contribution in [1.82, 2.24) is 9.19 Å². The van der Waals surface area contributed by atoms with E-state index < -0.39 is 37.3 Å². The molecule has 13 nitrogen and oxygen atoms in total. The van der Waals surface area contributed by atoms with Crippen LogP contribution in [0.25, 0.3) is 0 Å². The standard InChI is InChI=1S/C10H8N4O9S2.3Na/c15-9-7(8(10(16)17)13-14(9)25(19,20)21)12-11-5-1-3-6(4-2-5)24-23-22-18;;;/h1-4,13,18H,(H,16,17)(H,19,20,21);;;/q;3*+1/p-3. The minimum atomic E-state index is -5.31. The number of nitrogens with zero attached hydrogens (tertiary/aromatic N) is 3. The van der Waals surface area contributed by atoms with Crippen LogP contribution < -0.4 is 105 Å². The Hall–Kier alpha value is 0.440. The first-order valence-corrected chi connectivity index (χ1v) is 8.02. The van der Waals surface area contributed by atoms with Crippen molar-refractivity contribution in [3.05, 3.63) is 40.3 Å². The van der Waals surface area contributed by atoms with Gasteiger partial charge >= 0.3 is 94.2 Å². The van der Waals surface area contributed by atoms with E-state index in [1.54, 1.807) is 5.10 Å². The minimum absolute atomic E-state index is 0. The van der Waals surface area contributed by atoms with E-state index in [1.165, 1.54) is 24.3 Å². The van der Waals surface area contributed by atoms with Gasteiger partial charge in [-0.25, -0.2) is 8.42 Å². The zero-order valence-electron chi connectivity index (χ0n) is 14.6. The summed E-state index contributed by atoms with van der Waals surface area (Å²) in [7, 11) is -5.31. The fourth-order valence-electron chi connectivity index (χ4n) is 1.53. The van der Waals surface area contributed by atoms with Crippen LogP contribution in [0.15, 0.2) is 44.2 Å². The van der Waals surface area contributed by atoms with Crippen molar-refractivity contribution >= 4 is 39.7 Å². The second kappa shape index (κ2) is 13.7. The molecule has 0 radical (unpaired) electrons. The van der Waals surface area contributed by atoms with E-state index >= 15 is 0 Å². The molecule has 0 aliphatic rings. The van der Waals surface area contributed by atoms with Gasteiger partial charge in [0.15, 0.2) is 5.69 Å². The molecule has 0 fully saturated rings. The van der Waals surface area contributed by atoms with Crippen molar-refractivity contribution in [2.45, 2.75) is 4.90 Å². The Morgan fingerprint density at radius 2 is 1.71 bits per heavy atom. The average Bonchev–Trinajstić information content (AvgIpc) is 2.89. The van der Waals surface area contributed by atoms with Gasteiger partial charge in [0, 0.05) is 4.90 Å². The normalized spacial score (nSPS) is 10.6. The zero-order valence-corrected chi connectivity index (χ0v) is 22.3. The van der Waals surface area contributed by atoms with Crippen LogP contribution in [0.5, 0.6) is 0 Å². The molecule has 2 rings (SSSR count). The Labute approximate surface area is 227 Å². The fraction of sp³-hybridized carbons (Fsp3) is 0. The quantitative estimate of drug-likeness (QED) is 0.104. The number of azo groups is 1. The summed E-state index contributed by atoms with van der Waals surface area (Å²) in [4.78, 5) is 23.2. The van der Waals surface area contributed by atoms with Crippen LogP contribution in [0.1, 0.15) is 10.5 Å². The number of aromatic amines is 1. The summed E-state index contributed by atoms with van der Waals surface area (Å²) in [6.45, 7) is 0. The van der Waals surface area contributed by atoms with Crippen molar-refractivity contribution in [2.24, 2.45) is 10.2 Å². The molecular formula is C10H5N4Na3O9S2. The number of hydrogen-bond donors (Lipinski definition) is 1. The second-order valence-electron chi connectivity index (χ2n) is 4.06.